The Hall–Kier alpha value is -1.35. The van der Waals surface area contributed by atoms with Gasteiger partial charge in [-0.25, -0.2) is 9.97 Å². The van der Waals surface area contributed by atoms with Crippen molar-refractivity contribution >= 4 is 27.7 Å². The van der Waals surface area contributed by atoms with Crippen LogP contribution in [0, 0.1) is 0 Å². The normalized spacial score (nSPS) is 15.4. The van der Waals surface area contributed by atoms with Gasteiger partial charge >= 0.3 is 0 Å². The summed E-state index contributed by atoms with van der Waals surface area (Å²) in [5, 5.41) is 0. The van der Waals surface area contributed by atoms with E-state index in [4.69, 9.17) is 9.97 Å². The van der Waals surface area contributed by atoms with Gasteiger partial charge in [0.05, 0.1) is 22.4 Å². The van der Waals surface area contributed by atoms with Crippen LogP contribution in [-0.2, 0) is 0 Å². The number of aromatic nitrogens is 2. The fourth-order valence-electron chi connectivity index (χ4n) is 2.18. The van der Waals surface area contributed by atoms with Crippen molar-refractivity contribution in [3.63, 3.8) is 0 Å². The van der Waals surface area contributed by atoms with Crippen LogP contribution in [0.5, 0.6) is 0 Å². The van der Waals surface area contributed by atoms with Gasteiger partial charge in [-0.1, -0.05) is 32.1 Å². The zero-order chi connectivity index (χ0) is 12.5. The lowest BCUT2D eigenvalue weighted by Gasteiger charge is -2.12. The van der Waals surface area contributed by atoms with Crippen molar-refractivity contribution in [3.8, 4) is 0 Å². The van der Waals surface area contributed by atoms with Crippen LogP contribution < -0.4 is 0 Å². The highest BCUT2D eigenvalue weighted by Crippen LogP contribution is 2.36. The van der Waals surface area contributed by atoms with E-state index in [0.717, 1.165) is 28.8 Å². The van der Waals surface area contributed by atoms with Gasteiger partial charge in [-0.3, -0.25) is 0 Å². The van der Waals surface area contributed by atoms with Crippen molar-refractivity contribution in [3.05, 3.63) is 41.7 Å². The van der Waals surface area contributed by atoms with E-state index < -0.39 is 0 Å². The summed E-state index contributed by atoms with van der Waals surface area (Å²) >= 11 is 1.89. The predicted molar refractivity (Wildman–Crippen MR) is 78.7 cm³/mol. The Bertz CT molecular complexity index is 617. The molecule has 1 aromatic carbocycles. The molecule has 0 aliphatic carbocycles. The fraction of sp³-hybridized carbons (Fsp3) is 0.333. The molecular formula is C15H16N2S. The van der Waals surface area contributed by atoms with Crippen LogP contribution in [0.3, 0.4) is 0 Å². The highest BCUT2D eigenvalue weighted by molar-refractivity contribution is 8.08. The molecule has 0 saturated heterocycles. The first-order valence-electron chi connectivity index (χ1n) is 6.35. The summed E-state index contributed by atoms with van der Waals surface area (Å²) in [6.07, 6.45) is 3.43. The molecule has 92 valence electrons. The molecule has 0 spiro atoms. The summed E-state index contributed by atoms with van der Waals surface area (Å²) in [4.78, 5) is 10.9. The third-order valence-corrected chi connectivity index (χ3v) is 4.19. The number of benzene rings is 1. The fourth-order valence-corrected chi connectivity index (χ4v) is 3.16. The van der Waals surface area contributed by atoms with E-state index in [1.54, 1.807) is 0 Å². The van der Waals surface area contributed by atoms with Gasteiger partial charge in [0.15, 0.2) is 0 Å². The summed E-state index contributed by atoms with van der Waals surface area (Å²) in [6.45, 7) is 4.37. The Morgan fingerprint density at radius 2 is 1.83 bits per heavy atom. The molecular weight excluding hydrogens is 240 g/mol. The monoisotopic (exact) mass is 256 g/mol. The van der Waals surface area contributed by atoms with Crippen LogP contribution in [-0.4, -0.2) is 15.7 Å². The Balaban J connectivity index is 2.23. The third kappa shape index (κ3) is 2.03. The molecule has 0 N–H and O–H groups in total. The van der Waals surface area contributed by atoms with E-state index in [-0.39, 0.29) is 0 Å². The number of fused-ring (bicyclic) bond motifs is 1. The molecule has 0 amide bonds. The number of hydrogen-bond acceptors (Lipinski definition) is 3. The van der Waals surface area contributed by atoms with Gasteiger partial charge in [0.1, 0.15) is 0 Å². The summed E-state index contributed by atoms with van der Waals surface area (Å²) in [7, 11) is 0. The summed E-state index contributed by atoms with van der Waals surface area (Å²) in [5.41, 5.74) is 4.19. The minimum absolute atomic E-state index is 0.402. The van der Waals surface area contributed by atoms with Gasteiger partial charge in [0, 0.05) is 10.7 Å². The van der Waals surface area contributed by atoms with E-state index in [2.05, 4.69) is 19.9 Å². The quantitative estimate of drug-likeness (QED) is 0.804. The summed E-state index contributed by atoms with van der Waals surface area (Å²) in [6, 6.07) is 8.11. The van der Waals surface area contributed by atoms with E-state index in [1.807, 2.05) is 36.0 Å². The molecule has 0 fully saturated rings. The SMILES string of the molecule is CC(C)c1nc2ccccc2nc1C1=CCCS1. The van der Waals surface area contributed by atoms with Gasteiger partial charge in [-0.15, -0.1) is 11.8 Å². The Labute approximate surface area is 112 Å². The lowest BCUT2D eigenvalue weighted by Crippen LogP contribution is -2.02. The highest BCUT2D eigenvalue weighted by atomic mass is 32.2. The maximum absolute atomic E-state index is 4.83. The molecule has 0 radical (unpaired) electrons. The number of allylic oxidation sites excluding steroid dienone is 1. The predicted octanol–water partition coefficient (Wildman–Crippen LogP) is 4.23. The second kappa shape index (κ2) is 4.73. The number of hydrogen-bond donors (Lipinski definition) is 0. The average molecular weight is 256 g/mol. The van der Waals surface area contributed by atoms with Crippen LogP contribution in [0.4, 0.5) is 0 Å². The first-order valence-corrected chi connectivity index (χ1v) is 7.34. The molecule has 0 atom stereocenters. The number of thioether (sulfide) groups is 1. The Kier molecular flexibility index (Phi) is 3.08. The maximum Gasteiger partial charge on any atom is 0.0987 e. The van der Waals surface area contributed by atoms with Crippen molar-refractivity contribution in [1.29, 1.82) is 0 Å². The molecule has 3 rings (SSSR count). The lowest BCUT2D eigenvalue weighted by molar-refractivity contribution is 0.817. The van der Waals surface area contributed by atoms with Gasteiger partial charge in [-0.05, 0) is 24.5 Å². The van der Waals surface area contributed by atoms with Crippen LogP contribution in [0.2, 0.25) is 0 Å². The second-order valence-electron chi connectivity index (χ2n) is 4.81. The topological polar surface area (TPSA) is 25.8 Å². The van der Waals surface area contributed by atoms with E-state index >= 15 is 0 Å². The smallest absolute Gasteiger partial charge is 0.0987 e. The van der Waals surface area contributed by atoms with Crippen LogP contribution in [0.1, 0.15) is 37.6 Å². The van der Waals surface area contributed by atoms with Crippen molar-refractivity contribution in [2.24, 2.45) is 0 Å². The Morgan fingerprint density at radius 1 is 1.11 bits per heavy atom. The van der Waals surface area contributed by atoms with E-state index in [1.165, 1.54) is 10.7 Å². The molecule has 1 aliphatic heterocycles. The molecule has 0 unspecified atom stereocenters. The van der Waals surface area contributed by atoms with Crippen LogP contribution in [0.25, 0.3) is 15.9 Å². The maximum atomic E-state index is 4.83. The molecule has 1 aliphatic rings. The van der Waals surface area contributed by atoms with Crippen LogP contribution in [0.15, 0.2) is 30.3 Å². The number of nitrogens with zero attached hydrogens (tertiary/aromatic N) is 2. The first-order chi connectivity index (χ1) is 8.75. The minimum Gasteiger partial charge on any atom is -0.249 e. The lowest BCUT2D eigenvalue weighted by atomic mass is 10.1. The van der Waals surface area contributed by atoms with E-state index in [9.17, 15) is 0 Å². The van der Waals surface area contributed by atoms with Crippen molar-refractivity contribution < 1.29 is 0 Å². The molecule has 0 saturated carbocycles. The molecule has 2 nitrogen and oxygen atoms in total. The molecule has 2 heterocycles. The van der Waals surface area contributed by atoms with Gasteiger partial charge in [0.2, 0.25) is 0 Å². The van der Waals surface area contributed by atoms with Crippen molar-refractivity contribution in [1.82, 2.24) is 9.97 Å². The third-order valence-electron chi connectivity index (χ3n) is 3.08. The first kappa shape index (κ1) is 11.7. The molecule has 3 heteroatoms. The summed E-state index contributed by atoms with van der Waals surface area (Å²) < 4.78 is 0. The van der Waals surface area contributed by atoms with Crippen LogP contribution >= 0.6 is 11.8 Å². The Morgan fingerprint density at radius 3 is 2.44 bits per heavy atom. The zero-order valence-electron chi connectivity index (χ0n) is 10.7. The number of para-hydroxylation sites is 2. The van der Waals surface area contributed by atoms with Gasteiger partial charge in [0.25, 0.3) is 0 Å². The molecule has 1 aromatic heterocycles. The highest BCUT2D eigenvalue weighted by Gasteiger charge is 2.18. The largest absolute Gasteiger partial charge is 0.249 e. The minimum atomic E-state index is 0.402. The molecule has 2 aromatic rings. The zero-order valence-corrected chi connectivity index (χ0v) is 11.5. The second-order valence-corrected chi connectivity index (χ2v) is 5.94. The van der Waals surface area contributed by atoms with Gasteiger partial charge in [-0.2, -0.15) is 0 Å². The molecule has 18 heavy (non-hydrogen) atoms. The number of rotatable bonds is 2. The standard InChI is InChI=1S/C15H16N2S/c1-10(2)14-15(13-8-5-9-18-13)17-12-7-4-3-6-11(12)16-14/h3-4,6-8,10H,5,9H2,1-2H3. The van der Waals surface area contributed by atoms with Crippen molar-refractivity contribution in [2.45, 2.75) is 26.2 Å². The van der Waals surface area contributed by atoms with Crippen molar-refractivity contribution in [2.75, 3.05) is 5.75 Å². The van der Waals surface area contributed by atoms with Gasteiger partial charge < -0.3 is 0 Å². The van der Waals surface area contributed by atoms with E-state index in [0.29, 0.717) is 5.92 Å². The average Bonchev–Trinajstić information content (AvgIpc) is 2.91. The molecule has 0 bridgehead atoms. The summed E-state index contributed by atoms with van der Waals surface area (Å²) in [5.74, 6) is 1.57.